The van der Waals surface area contributed by atoms with E-state index in [1.807, 2.05) is 41.1 Å². The summed E-state index contributed by atoms with van der Waals surface area (Å²) in [6.45, 7) is 1.68. The van der Waals surface area contributed by atoms with Gasteiger partial charge in [-0.1, -0.05) is 24.3 Å². The van der Waals surface area contributed by atoms with Crippen LogP contribution >= 0.6 is 0 Å². The molecule has 1 fully saturated rings. The minimum atomic E-state index is -3.49. The second kappa shape index (κ2) is 7.77. The number of fused-ring (bicyclic) bond motifs is 1. The highest BCUT2D eigenvalue weighted by Gasteiger charge is 2.27. The molecular formula is C21H23N3O3S. The maximum atomic E-state index is 12.7. The van der Waals surface area contributed by atoms with E-state index < -0.39 is 10.0 Å². The smallest absolute Gasteiger partial charge is 0.243 e. The topological polar surface area (TPSA) is 71.4 Å². The number of nitrogens with zero attached hydrogens (tertiary/aromatic N) is 2. The number of hydrogen-bond acceptors (Lipinski definition) is 3. The van der Waals surface area contributed by atoms with Gasteiger partial charge < -0.3 is 9.88 Å². The number of nitrogens with one attached hydrogen (secondary N) is 1. The molecule has 1 aromatic heterocycles. The van der Waals surface area contributed by atoms with Gasteiger partial charge in [0.2, 0.25) is 15.9 Å². The Hall–Kier alpha value is -2.64. The number of benzene rings is 2. The molecule has 0 aliphatic carbocycles. The summed E-state index contributed by atoms with van der Waals surface area (Å²) in [6, 6.07) is 16.6. The minimum Gasteiger partial charge on any atom is -0.347 e. The highest BCUT2D eigenvalue weighted by Crippen LogP contribution is 2.23. The van der Waals surface area contributed by atoms with Crippen molar-refractivity contribution in [1.82, 2.24) is 8.87 Å². The molecule has 7 heteroatoms. The van der Waals surface area contributed by atoms with Crippen LogP contribution in [0.3, 0.4) is 0 Å². The van der Waals surface area contributed by atoms with Crippen molar-refractivity contribution in [2.24, 2.45) is 0 Å². The molecule has 0 unspecified atom stereocenters. The van der Waals surface area contributed by atoms with Gasteiger partial charge in [-0.2, -0.15) is 4.31 Å². The first kappa shape index (κ1) is 18.7. The molecule has 28 heavy (non-hydrogen) atoms. The van der Waals surface area contributed by atoms with Gasteiger partial charge in [-0.25, -0.2) is 8.42 Å². The van der Waals surface area contributed by atoms with Gasteiger partial charge in [-0.3, -0.25) is 4.79 Å². The summed E-state index contributed by atoms with van der Waals surface area (Å²) in [4.78, 5) is 12.6. The van der Waals surface area contributed by atoms with Gasteiger partial charge in [-0.05, 0) is 48.6 Å². The SMILES string of the molecule is O=C(CCn1ccc2ccccc21)Nc1cccc(S(=O)(=O)N2CCCC2)c1. The Bertz CT molecular complexity index is 1100. The molecule has 0 spiro atoms. The molecule has 146 valence electrons. The predicted molar refractivity (Wildman–Crippen MR) is 110 cm³/mol. The van der Waals surface area contributed by atoms with Crippen LogP contribution in [-0.2, 0) is 21.4 Å². The zero-order valence-corrected chi connectivity index (χ0v) is 16.4. The van der Waals surface area contributed by atoms with Gasteiger partial charge in [0, 0.05) is 43.5 Å². The third-order valence-corrected chi connectivity index (χ3v) is 6.98. The summed E-state index contributed by atoms with van der Waals surface area (Å²) in [7, 11) is -3.49. The number of amides is 1. The predicted octanol–water partition coefficient (Wildman–Crippen LogP) is 3.45. The number of aryl methyl sites for hydroxylation is 1. The Morgan fingerprint density at radius 1 is 1.00 bits per heavy atom. The van der Waals surface area contributed by atoms with E-state index in [4.69, 9.17) is 0 Å². The maximum absolute atomic E-state index is 12.7. The lowest BCUT2D eigenvalue weighted by Crippen LogP contribution is -2.27. The van der Waals surface area contributed by atoms with Gasteiger partial charge in [0.1, 0.15) is 0 Å². The standard InChI is InChI=1S/C21H23N3O3S/c25-21(11-15-23-14-10-17-6-1-2-9-20(17)23)22-18-7-5-8-19(16-18)28(26,27)24-12-3-4-13-24/h1-2,5-10,14,16H,3-4,11-13,15H2,(H,22,25). The van der Waals surface area contributed by atoms with Crippen molar-refractivity contribution in [3.8, 4) is 0 Å². The number of rotatable bonds is 6. The normalized spacial score (nSPS) is 15.1. The molecule has 0 atom stereocenters. The van der Waals surface area contributed by atoms with Gasteiger partial charge in [0.15, 0.2) is 0 Å². The molecule has 0 saturated carbocycles. The van der Waals surface area contributed by atoms with Crippen LogP contribution in [0.5, 0.6) is 0 Å². The lowest BCUT2D eigenvalue weighted by Gasteiger charge is -2.16. The monoisotopic (exact) mass is 397 g/mol. The van der Waals surface area contributed by atoms with Crippen molar-refractivity contribution >= 4 is 32.5 Å². The molecule has 1 aliphatic heterocycles. The highest BCUT2D eigenvalue weighted by molar-refractivity contribution is 7.89. The number of sulfonamides is 1. The van der Waals surface area contributed by atoms with E-state index in [1.54, 1.807) is 18.2 Å². The molecule has 1 saturated heterocycles. The van der Waals surface area contributed by atoms with Crippen molar-refractivity contribution < 1.29 is 13.2 Å². The maximum Gasteiger partial charge on any atom is 0.243 e. The molecular weight excluding hydrogens is 374 g/mol. The van der Waals surface area contributed by atoms with Crippen LogP contribution in [-0.4, -0.2) is 36.3 Å². The molecule has 2 aromatic carbocycles. The minimum absolute atomic E-state index is 0.145. The van der Waals surface area contributed by atoms with E-state index in [9.17, 15) is 13.2 Å². The molecule has 6 nitrogen and oxygen atoms in total. The van der Waals surface area contributed by atoms with Crippen molar-refractivity contribution in [3.05, 3.63) is 60.8 Å². The fraction of sp³-hybridized carbons (Fsp3) is 0.286. The van der Waals surface area contributed by atoms with Crippen LogP contribution in [0.15, 0.2) is 65.7 Å². The van der Waals surface area contributed by atoms with Crippen LogP contribution < -0.4 is 5.32 Å². The third kappa shape index (κ3) is 3.81. The van der Waals surface area contributed by atoms with Crippen molar-refractivity contribution in [1.29, 1.82) is 0 Å². The summed E-state index contributed by atoms with van der Waals surface area (Å²) in [5, 5.41) is 3.96. The summed E-state index contributed by atoms with van der Waals surface area (Å²) in [6.07, 6.45) is 4.07. The fourth-order valence-corrected chi connectivity index (χ4v) is 5.16. The first-order chi connectivity index (χ1) is 13.5. The second-order valence-corrected chi connectivity index (χ2v) is 8.94. The average Bonchev–Trinajstić information content (AvgIpc) is 3.37. The molecule has 0 bridgehead atoms. The first-order valence-electron chi connectivity index (χ1n) is 9.48. The molecule has 4 rings (SSSR count). The Morgan fingerprint density at radius 3 is 2.61 bits per heavy atom. The average molecular weight is 398 g/mol. The summed E-state index contributed by atoms with van der Waals surface area (Å²) < 4.78 is 28.9. The Morgan fingerprint density at radius 2 is 1.79 bits per heavy atom. The van der Waals surface area contributed by atoms with Crippen molar-refractivity contribution in [3.63, 3.8) is 0 Å². The molecule has 2 heterocycles. The van der Waals surface area contributed by atoms with Crippen LogP contribution in [0.4, 0.5) is 5.69 Å². The molecule has 1 aliphatic rings. The summed E-state index contributed by atoms with van der Waals surface area (Å²) >= 11 is 0. The van der Waals surface area contributed by atoms with E-state index in [0.717, 1.165) is 23.7 Å². The quantitative estimate of drug-likeness (QED) is 0.692. The summed E-state index contributed by atoms with van der Waals surface area (Å²) in [5.74, 6) is -0.145. The van der Waals surface area contributed by atoms with Gasteiger partial charge in [-0.15, -0.1) is 0 Å². The highest BCUT2D eigenvalue weighted by atomic mass is 32.2. The van der Waals surface area contributed by atoms with E-state index in [2.05, 4.69) is 5.32 Å². The van der Waals surface area contributed by atoms with E-state index in [0.29, 0.717) is 31.7 Å². The number of para-hydroxylation sites is 1. The number of carbonyl (C=O) groups is 1. The van der Waals surface area contributed by atoms with Crippen LogP contribution in [0.2, 0.25) is 0 Å². The van der Waals surface area contributed by atoms with Gasteiger partial charge in [0.25, 0.3) is 0 Å². The van der Waals surface area contributed by atoms with Crippen LogP contribution in [0.25, 0.3) is 10.9 Å². The lowest BCUT2D eigenvalue weighted by atomic mass is 10.2. The van der Waals surface area contributed by atoms with Gasteiger partial charge in [0.05, 0.1) is 4.90 Å². The van der Waals surface area contributed by atoms with E-state index in [1.165, 1.54) is 10.4 Å². The number of aromatic nitrogens is 1. The molecule has 0 radical (unpaired) electrons. The van der Waals surface area contributed by atoms with Crippen LogP contribution in [0.1, 0.15) is 19.3 Å². The fourth-order valence-electron chi connectivity index (χ4n) is 3.59. The number of anilines is 1. The van der Waals surface area contributed by atoms with Crippen molar-refractivity contribution in [2.45, 2.75) is 30.7 Å². The Balaban J connectivity index is 1.42. The number of carbonyl (C=O) groups excluding carboxylic acids is 1. The second-order valence-electron chi connectivity index (χ2n) is 7.01. The van der Waals surface area contributed by atoms with Crippen molar-refractivity contribution in [2.75, 3.05) is 18.4 Å². The molecule has 3 aromatic rings. The zero-order valence-electron chi connectivity index (χ0n) is 15.5. The molecule has 1 amide bonds. The van der Waals surface area contributed by atoms with E-state index >= 15 is 0 Å². The van der Waals surface area contributed by atoms with Crippen LogP contribution in [0, 0.1) is 0 Å². The first-order valence-corrected chi connectivity index (χ1v) is 10.9. The van der Waals surface area contributed by atoms with E-state index in [-0.39, 0.29) is 10.8 Å². The molecule has 1 N–H and O–H groups in total. The largest absolute Gasteiger partial charge is 0.347 e. The lowest BCUT2D eigenvalue weighted by molar-refractivity contribution is -0.116. The summed E-state index contributed by atoms with van der Waals surface area (Å²) in [5.41, 5.74) is 1.59. The van der Waals surface area contributed by atoms with Gasteiger partial charge >= 0.3 is 0 Å². The number of hydrogen-bond donors (Lipinski definition) is 1. The zero-order chi connectivity index (χ0) is 19.6. The third-order valence-electron chi connectivity index (χ3n) is 5.08. The Labute approximate surface area is 164 Å². The Kier molecular flexibility index (Phi) is 5.19.